The SMILES string of the molecule is COc1cnc(C(=O)Nc2cc(F)cc([C@]34CO[C@@H](C)C[C@@]3(F)CSC(NC(=O)c3ccccc3)=N4)c2)cn1. The summed E-state index contributed by atoms with van der Waals surface area (Å²) in [6.07, 6.45) is 2.13. The van der Waals surface area contributed by atoms with Crippen LogP contribution in [0.25, 0.3) is 0 Å². The van der Waals surface area contributed by atoms with E-state index in [0.717, 1.165) is 17.8 Å². The van der Waals surface area contributed by atoms with E-state index in [4.69, 9.17) is 9.47 Å². The molecule has 202 valence electrons. The van der Waals surface area contributed by atoms with E-state index in [9.17, 15) is 14.0 Å². The topological polar surface area (TPSA) is 115 Å². The number of rotatable bonds is 5. The molecule has 2 aliphatic rings. The predicted octanol–water partition coefficient (Wildman–Crippen LogP) is 4.12. The Bertz CT molecular complexity index is 1430. The number of hydrogen-bond donors (Lipinski definition) is 2. The van der Waals surface area contributed by atoms with E-state index in [-0.39, 0.29) is 52.9 Å². The maximum absolute atomic E-state index is 16.7. The van der Waals surface area contributed by atoms with Crippen LogP contribution in [-0.4, -0.2) is 58.2 Å². The second kappa shape index (κ2) is 10.7. The van der Waals surface area contributed by atoms with Crippen molar-refractivity contribution in [3.63, 3.8) is 0 Å². The van der Waals surface area contributed by atoms with Gasteiger partial charge in [0.05, 0.1) is 32.2 Å². The first-order valence-electron chi connectivity index (χ1n) is 12.1. The normalized spacial score (nSPS) is 24.2. The minimum absolute atomic E-state index is 0.0169. The van der Waals surface area contributed by atoms with Gasteiger partial charge in [-0.2, -0.15) is 0 Å². The number of benzene rings is 2. The number of amidine groups is 1. The van der Waals surface area contributed by atoms with Crippen molar-refractivity contribution in [1.82, 2.24) is 15.3 Å². The van der Waals surface area contributed by atoms with Crippen LogP contribution in [0, 0.1) is 5.82 Å². The number of carbonyl (C=O) groups excluding carboxylic acids is 2. The van der Waals surface area contributed by atoms with Gasteiger partial charge < -0.3 is 20.1 Å². The van der Waals surface area contributed by atoms with Gasteiger partial charge in [0.15, 0.2) is 10.8 Å². The fraction of sp³-hybridized carbons (Fsp3) is 0.296. The largest absolute Gasteiger partial charge is 0.480 e. The van der Waals surface area contributed by atoms with Crippen LogP contribution >= 0.6 is 11.8 Å². The molecule has 0 saturated carbocycles. The Morgan fingerprint density at radius 1 is 1.10 bits per heavy atom. The molecule has 1 fully saturated rings. The van der Waals surface area contributed by atoms with Crippen molar-refractivity contribution in [2.45, 2.75) is 30.7 Å². The Morgan fingerprint density at radius 2 is 1.90 bits per heavy atom. The van der Waals surface area contributed by atoms with Crippen molar-refractivity contribution >= 4 is 34.4 Å². The van der Waals surface area contributed by atoms with E-state index in [1.165, 1.54) is 31.6 Å². The third-order valence-corrected chi connectivity index (χ3v) is 7.69. The molecule has 2 N–H and O–H groups in total. The maximum atomic E-state index is 16.7. The summed E-state index contributed by atoms with van der Waals surface area (Å²) in [5.41, 5.74) is -2.94. The van der Waals surface area contributed by atoms with Crippen LogP contribution in [0.3, 0.4) is 0 Å². The van der Waals surface area contributed by atoms with E-state index in [0.29, 0.717) is 5.56 Å². The molecule has 0 spiro atoms. The number of fused-ring (bicyclic) bond motifs is 1. The highest BCUT2D eigenvalue weighted by molar-refractivity contribution is 8.14. The minimum Gasteiger partial charge on any atom is -0.480 e. The number of methoxy groups -OCH3 is 1. The molecule has 1 aromatic heterocycles. The molecule has 0 radical (unpaired) electrons. The van der Waals surface area contributed by atoms with Crippen molar-refractivity contribution in [1.29, 1.82) is 0 Å². The van der Waals surface area contributed by atoms with E-state index in [1.807, 2.05) is 0 Å². The lowest BCUT2D eigenvalue weighted by Crippen LogP contribution is -2.60. The molecular formula is C27H25F2N5O4S. The number of alkyl halides is 1. The zero-order valence-corrected chi connectivity index (χ0v) is 21.9. The molecule has 3 atom stereocenters. The highest BCUT2D eigenvalue weighted by atomic mass is 32.2. The van der Waals surface area contributed by atoms with Gasteiger partial charge in [-0.1, -0.05) is 30.0 Å². The Kier molecular flexibility index (Phi) is 7.32. The molecule has 2 aliphatic heterocycles. The molecule has 0 bridgehead atoms. The summed E-state index contributed by atoms with van der Waals surface area (Å²) in [5, 5.41) is 5.52. The second-order valence-electron chi connectivity index (χ2n) is 9.30. The van der Waals surface area contributed by atoms with E-state index in [2.05, 4.69) is 25.6 Å². The molecule has 3 heterocycles. The number of halogens is 2. The molecular weight excluding hydrogens is 528 g/mol. The quantitative estimate of drug-likeness (QED) is 0.489. The number of thioether (sulfide) groups is 1. The molecule has 1 saturated heterocycles. The fourth-order valence-electron chi connectivity index (χ4n) is 4.64. The predicted molar refractivity (Wildman–Crippen MR) is 142 cm³/mol. The molecule has 2 aromatic carbocycles. The van der Waals surface area contributed by atoms with Crippen LogP contribution in [0.5, 0.6) is 5.88 Å². The molecule has 12 heteroatoms. The van der Waals surface area contributed by atoms with Gasteiger partial charge in [0.2, 0.25) is 5.88 Å². The Balaban J connectivity index is 1.50. The fourth-order valence-corrected chi connectivity index (χ4v) is 5.75. The van der Waals surface area contributed by atoms with E-state index < -0.39 is 28.8 Å². The molecule has 9 nitrogen and oxygen atoms in total. The average molecular weight is 554 g/mol. The van der Waals surface area contributed by atoms with Gasteiger partial charge in [-0.3, -0.25) is 9.59 Å². The number of amides is 2. The third kappa shape index (κ3) is 5.34. The number of aliphatic imine (C=N–C) groups is 1. The van der Waals surface area contributed by atoms with Crippen LogP contribution in [0.15, 0.2) is 65.9 Å². The number of hydrogen-bond acceptors (Lipinski definition) is 8. The van der Waals surface area contributed by atoms with Crippen molar-refractivity contribution in [3.8, 4) is 5.88 Å². The Hall–Kier alpha value is -3.90. The lowest BCUT2D eigenvalue weighted by atomic mass is 9.73. The number of nitrogens with one attached hydrogen (secondary N) is 2. The number of aromatic nitrogens is 2. The number of nitrogens with zero attached hydrogens (tertiary/aromatic N) is 3. The monoisotopic (exact) mass is 553 g/mol. The van der Waals surface area contributed by atoms with Crippen LogP contribution < -0.4 is 15.4 Å². The van der Waals surface area contributed by atoms with Gasteiger partial charge in [0.25, 0.3) is 11.8 Å². The van der Waals surface area contributed by atoms with Crippen LogP contribution in [0.4, 0.5) is 14.5 Å². The van der Waals surface area contributed by atoms with Gasteiger partial charge in [0, 0.05) is 23.4 Å². The maximum Gasteiger partial charge on any atom is 0.275 e. The lowest BCUT2D eigenvalue weighted by molar-refractivity contribution is -0.106. The zero-order chi connectivity index (χ0) is 27.6. The van der Waals surface area contributed by atoms with Gasteiger partial charge in [0.1, 0.15) is 17.1 Å². The highest BCUT2D eigenvalue weighted by Crippen LogP contribution is 2.51. The van der Waals surface area contributed by atoms with Crippen molar-refractivity contribution in [2.75, 3.05) is 24.8 Å². The van der Waals surface area contributed by atoms with E-state index >= 15 is 4.39 Å². The van der Waals surface area contributed by atoms with Gasteiger partial charge in [-0.25, -0.2) is 23.7 Å². The standard InChI is InChI=1S/C27H25F2N5O4S/c1-16-11-26(29)15-39-25(33-23(35)17-6-4-3-5-7-17)34-27(26,14-38-16)18-8-19(28)10-20(9-18)32-24(36)21-12-31-22(37-2)13-30-21/h3-10,12-13,16H,11,14-15H2,1-2H3,(H,32,36)(H,33,34,35)/t16-,26+,27+/m0/s1. The zero-order valence-electron chi connectivity index (χ0n) is 21.1. The van der Waals surface area contributed by atoms with Crippen LogP contribution in [-0.2, 0) is 10.3 Å². The average Bonchev–Trinajstić information content (AvgIpc) is 2.93. The van der Waals surface area contributed by atoms with E-state index in [1.54, 1.807) is 37.3 Å². The molecule has 39 heavy (non-hydrogen) atoms. The first-order valence-corrected chi connectivity index (χ1v) is 13.1. The van der Waals surface area contributed by atoms with Crippen molar-refractivity contribution in [3.05, 3.63) is 83.6 Å². The summed E-state index contributed by atoms with van der Waals surface area (Å²) < 4.78 is 42.5. The summed E-state index contributed by atoms with van der Waals surface area (Å²) in [5.74, 6) is -1.55. The van der Waals surface area contributed by atoms with Gasteiger partial charge in [-0.05, 0) is 42.8 Å². The van der Waals surface area contributed by atoms with Crippen molar-refractivity contribution < 1.29 is 27.8 Å². The molecule has 0 aliphatic carbocycles. The molecule has 5 rings (SSSR count). The summed E-state index contributed by atoms with van der Waals surface area (Å²) in [4.78, 5) is 38.1. The third-order valence-electron chi connectivity index (χ3n) is 6.62. The second-order valence-corrected chi connectivity index (χ2v) is 10.3. The summed E-state index contributed by atoms with van der Waals surface area (Å²) in [6, 6.07) is 12.3. The smallest absolute Gasteiger partial charge is 0.275 e. The minimum atomic E-state index is -1.91. The lowest BCUT2D eigenvalue weighted by Gasteiger charge is -2.50. The summed E-state index contributed by atoms with van der Waals surface area (Å²) >= 11 is 1.08. The first kappa shape index (κ1) is 26.7. The number of carbonyl (C=O) groups is 2. The van der Waals surface area contributed by atoms with Crippen molar-refractivity contribution in [2.24, 2.45) is 4.99 Å². The molecule has 0 unspecified atom stereocenters. The summed E-state index contributed by atoms with van der Waals surface area (Å²) in [7, 11) is 1.42. The Labute approximate surface area is 227 Å². The Morgan fingerprint density at radius 3 is 2.62 bits per heavy atom. The number of anilines is 1. The first-order chi connectivity index (χ1) is 18.7. The van der Waals surface area contributed by atoms with Gasteiger partial charge in [-0.15, -0.1) is 0 Å². The number of ether oxygens (including phenoxy) is 2. The van der Waals surface area contributed by atoms with Crippen LogP contribution in [0.1, 0.15) is 39.8 Å². The highest BCUT2D eigenvalue weighted by Gasteiger charge is 2.60. The summed E-state index contributed by atoms with van der Waals surface area (Å²) in [6.45, 7) is 1.58. The molecule has 3 aromatic rings. The van der Waals surface area contributed by atoms with Crippen LogP contribution in [0.2, 0.25) is 0 Å². The van der Waals surface area contributed by atoms with Gasteiger partial charge >= 0.3 is 0 Å². The molecule has 2 amide bonds.